The molecule has 0 aliphatic carbocycles. The van der Waals surface area contributed by atoms with E-state index in [1.807, 2.05) is 13.8 Å². The second-order valence-electron chi connectivity index (χ2n) is 9.67. The van der Waals surface area contributed by atoms with Gasteiger partial charge in [0.05, 0.1) is 23.4 Å². The molecule has 0 aromatic heterocycles. The van der Waals surface area contributed by atoms with Crippen LogP contribution < -0.4 is 0 Å². The zero-order valence-corrected chi connectivity index (χ0v) is 18.8. The number of carbonyl (C=O) groups excluding carboxylic acids is 2. The van der Waals surface area contributed by atoms with E-state index in [0.29, 0.717) is 12.0 Å². The van der Waals surface area contributed by atoms with Gasteiger partial charge in [0.15, 0.2) is 0 Å². The van der Waals surface area contributed by atoms with Gasteiger partial charge in [-0.3, -0.25) is 4.79 Å². The van der Waals surface area contributed by atoms with Crippen LogP contribution in [0, 0.1) is 11.8 Å². The minimum Gasteiger partial charge on any atom is -0.458 e. The van der Waals surface area contributed by atoms with E-state index in [1.165, 1.54) is 6.92 Å². The third-order valence-corrected chi connectivity index (χ3v) is 7.51. The first-order valence-corrected chi connectivity index (χ1v) is 11.0. The molecule has 0 aromatic rings. The van der Waals surface area contributed by atoms with E-state index < -0.39 is 47.4 Å². The summed E-state index contributed by atoms with van der Waals surface area (Å²) in [4.78, 5) is 24.2. The average molecular weight is 425 g/mol. The van der Waals surface area contributed by atoms with Gasteiger partial charge in [0.2, 0.25) is 0 Å². The van der Waals surface area contributed by atoms with E-state index in [-0.39, 0.29) is 18.4 Å². The van der Waals surface area contributed by atoms with E-state index in [1.54, 1.807) is 7.11 Å². The number of methoxy groups -OCH3 is 1. The molecule has 0 amide bonds. The fourth-order valence-electron chi connectivity index (χ4n) is 5.26. The van der Waals surface area contributed by atoms with E-state index in [9.17, 15) is 14.7 Å². The van der Waals surface area contributed by atoms with Gasteiger partial charge in [-0.1, -0.05) is 19.9 Å². The molecular weight excluding hydrogens is 388 g/mol. The zero-order valence-electron chi connectivity index (χ0n) is 18.8. The van der Waals surface area contributed by atoms with Crippen LogP contribution in [-0.2, 0) is 28.5 Å². The second kappa shape index (κ2) is 8.60. The summed E-state index contributed by atoms with van der Waals surface area (Å²) in [5.41, 5.74) is -0.899. The van der Waals surface area contributed by atoms with Gasteiger partial charge in [0, 0.05) is 25.5 Å². The predicted octanol–water partition coefficient (Wildman–Crippen LogP) is 2.93. The fourth-order valence-corrected chi connectivity index (χ4v) is 5.26. The normalized spacial score (nSPS) is 45.0. The highest BCUT2D eigenvalue weighted by molar-refractivity contribution is 5.91. The van der Waals surface area contributed by atoms with Crippen LogP contribution in [0.15, 0.2) is 12.2 Å². The number of hydrogen-bond donors (Lipinski definition) is 1. The molecule has 3 aliphatic heterocycles. The van der Waals surface area contributed by atoms with Crippen molar-refractivity contribution in [3.8, 4) is 0 Å². The average Bonchev–Trinajstić information content (AvgIpc) is 3.22. The van der Waals surface area contributed by atoms with Crippen LogP contribution in [0.4, 0.5) is 0 Å². The van der Waals surface area contributed by atoms with Crippen molar-refractivity contribution < 1.29 is 33.6 Å². The molecule has 0 aromatic carbocycles. The minimum atomic E-state index is -0.823. The van der Waals surface area contributed by atoms with Crippen molar-refractivity contribution in [3.63, 3.8) is 0 Å². The summed E-state index contributed by atoms with van der Waals surface area (Å²) in [5, 5.41) is 11.2. The quantitative estimate of drug-likeness (QED) is 0.538. The largest absolute Gasteiger partial charge is 0.458 e. The van der Waals surface area contributed by atoms with Gasteiger partial charge < -0.3 is 24.1 Å². The Morgan fingerprint density at radius 1 is 1.27 bits per heavy atom. The number of fused-ring (bicyclic) bond motifs is 3. The Balaban J connectivity index is 1.96. The van der Waals surface area contributed by atoms with Crippen LogP contribution in [0.25, 0.3) is 0 Å². The van der Waals surface area contributed by atoms with Crippen molar-refractivity contribution in [2.24, 2.45) is 11.8 Å². The number of esters is 2. The molecule has 8 atom stereocenters. The van der Waals surface area contributed by atoms with E-state index in [2.05, 4.69) is 13.5 Å². The Labute approximate surface area is 179 Å². The summed E-state index contributed by atoms with van der Waals surface area (Å²) < 4.78 is 23.6. The highest BCUT2D eigenvalue weighted by Crippen LogP contribution is 2.45. The number of aliphatic hydroxyl groups is 1. The maximum absolute atomic E-state index is 12.3. The standard InChI is InChI=1S/C23H36O7/c1-13-8-7-10-23(5,27-6)18-9-11-22(4,30-18)17(25)12-16-14(2)21(26)29-20(16)19(13)28-15(3)24/h13,16-20,25H,2,7-12H2,1,3-6H3/t13-,16-,17+,18?,19+,20+,22?,23-/m0/s1. The minimum absolute atomic E-state index is 0.0344. The van der Waals surface area contributed by atoms with Gasteiger partial charge in [-0.15, -0.1) is 0 Å². The van der Waals surface area contributed by atoms with Crippen LogP contribution >= 0.6 is 0 Å². The summed E-state index contributed by atoms with van der Waals surface area (Å²) in [5.74, 6) is -1.38. The van der Waals surface area contributed by atoms with Crippen LogP contribution in [0.2, 0.25) is 0 Å². The molecule has 7 nitrogen and oxygen atoms in total. The number of rotatable bonds is 2. The van der Waals surface area contributed by atoms with Crippen LogP contribution in [0.5, 0.6) is 0 Å². The van der Waals surface area contributed by atoms with Gasteiger partial charge in [-0.05, 0) is 51.9 Å². The molecule has 30 heavy (non-hydrogen) atoms. The topological polar surface area (TPSA) is 91.3 Å². The van der Waals surface area contributed by atoms with Gasteiger partial charge in [0.1, 0.15) is 12.2 Å². The van der Waals surface area contributed by atoms with Crippen molar-refractivity contribution in [3.05, 3.63) is 12.2 Å². The fraction of sp³-hybridized carbons (Fsp3) is 0.826. The van der Waals surface area contributed by atoms with E-state index in [0.717, 1.165) is 25.7 Å². The van der Waals surface area contributed by atoms with E-state index >= 15 is 0 Å². The van der Waals surface area contributed by atoms with E-state index in [4.69, 9.17) is 18.9 Å². The number of carbonyl (C=O) groups is 2. The molecule has 7 heteroatoms. The SMILES string of the molecule is C=C1C(=O)O[C@H]2[C@H](OC(C)=O)[C@@H](C)CCC[C@](C)(OC)C3CCC(C)(O3)[C@H](O)C[C@@H]12. The molecule has 170 valence electrons. The summed E-state index contributed by atoms with van der Waals surface area (Å²) in [6, 6.07) is 0. The van der Waals surface area contributed by atoms with Crippen molar-refractivity contribution >= 4 is 11.9 Å². The third-order valence-electron chi connectivity index (χ3n) is 7.51. The molecule has 3 fully saturated rings. The van der Waals surface area contributed by atoms with Gasteiger partial charge in [-0.2, -0.15) is 0 Å². The van der Waals surface area contributed by atoms with Crippen LogP contribution in [-0.4, -0.2) is 59.8 Å². The Bertz CT molecular complexity index is 691. The molecular formula is C23H36O7. The molecule has 2 unspecified atom stereocenters. The zero-order chi connectivity index (χ0) is 22.3. The monoisotopic (exact) mass is 424 g/mol. The van der Waals surface area contributed by atoms with Crippen molar-refractivity contribution in [2.75, 3.05) is 7.11 Å². The summed E-state index contributed by atoms with van der Waals surface area (Å²) in [7, 11) is 1.70. The second-order valence-corrected chi connectivity index (χ2v) is 9.67. The van der Waals surface area contributed by atoms with Crippen molar-refractivity contribution in [1.29, 1.82) is 0 Å². The Hall–Kier alpha value is -1.44. The molecule has 0 spiro atoms. The molecule has 3 heterocycles. The van der Waals surface area contributed by atoms with Gasteiger partial charge >= 0.3 is 11.9 Å². The molecule has 1 N–H and O–H groups in total. The maximum atomic E-state index is 12.3. The molecule has 0 saturated carbocycles. The van der Waals surface area contributed by atoms with Gasteiger partial charge in [0.25, 0.3) is 0 Å². The Morgan fingerprint density at radius 2 is 1.97 bits per heavy atom. The lowest BCUT2D eigenvalue weighted by molar-refractivity contribution is -0.174. The third kappa shape index (κ3) is 4.30. The maximum Gasteiger partial charge on any atom is 0.334 e. The number of hydrogen-bond acceptors (Lipinski definition) is 7. The Kier molecular flexibility index (Phi) is 6.65. The smallest absolute Gasteiger partial charge is 0.334 e. The lowest BCUT2D eigenvalue weighted by Gasteiger charge is -2.37. The molecule has 0 radical (unpaired) electrons. The summed E-state index contributed by atoms with van der Waals surface area (Å²) >= 11 is 0. The molecule has 2 bridgehead atoms. The highest BCUT2D eigenvalue weighted by Gasteiger charge is 2.53. The molecule has 3 rings (SSSR count). The van der Waals surface area contributed by atoms with Crippen molar-refractivity contribution in [1.82, 2.24) is 0 Å². The molecule has 3 saturated heterocycles. The van der Waals surface area contributed by atoms with Gasteiger partial charge in [-0.25, -0.2) is 4.79 Å². The number of aliphatic hydroxyl groups excluding tert-OH is 1. The first-order valence-electron chi connectivity index (χ1n) is 11.0. The predicted molar refractivity (Wildman–Crippen MR) is 110 cm³/mol. The van der Waals surface area contributed by atoms with Crippen LogP contribution in [0.1, 0.15) is 66.2 Å². The lowest BCUT2D eigenvalue weighted by atomic mass is 9.79. The summed E-state index contributed by atoms with van der Waals surface area (Å²) in [6.07, 6.45) is 1.95. The first-order chi connectivity index (χ1) is 14.0. The lowest BCUT2D eigenvalue weighted by Crippen LogP contribution is -2.47. The Morgan fingerprint density at radius 3 is 2.60 bits per heavy atom. The molecule has 3 aliphatic rings. The van der Waals surface area contributed by atoms with Crippen LogP contribution in [0.3, 0.4) is 0 Å². The summed E-state index contributed by atoms with van der Waals surface area (Å²) in [6.45, 7) is 11.2. The first kappa shape index (κ1) is 23.2. The number of ether oxygens (including phenoxy) is 4. The van der Waals surface area contributed by atoms with Crippen molar-refractivity contribution in [2.45, 2.75) is 102 Å². The highest BCUT2D eigenvalue weighted by atomic mass is 16.6.